The number of nitrogen functional groups attached to an aromatic ring is 1. The predicted octanol–water partition coefficient (Wildman–Crippen LogP) is 1.31. The molecule has 1 fully saturated rings. The molecule has 0 saturated heterocycles. The third-order valence-electron chi connectivity index (χ3n) is 3.09. The van der Waals surface area contributed by atoms with E-state index < -0.39 is 10.0 Å². The number of hydrogen-bond donors (Lipinski definition) is 1. The summed E-state index contributed by atoms with van der Waals surface area (Å²) in [5, 5.41) is 0. The lowest BCUT2D eigenvalue weighted by Crippen LogP contribution is -2.29. The Balaban J connectivity index is 2.33. The third-order valence-corrected chi connectivity index (χ3v) is 4.95. The van der Waals surface area contributed by atoms with Crippen LogP contribution in [0.4, 0.5) is 5.69 Å². The van der Waals surface area contributed by atoms with Crippen molar-refractivity contribution in [2.45, 2.75) is 17.7 Å². The second-order valence-electron chi connectivity index (χ2n) is 4.64. The average molecular weight is 270 g/mol. The van der Waals surface area contributed by atoms with E-state index in [9.17, 15) is 8.42 Å². The molecule has 0 amide bonds. The molecular weight excluding hydrogens is 252 g/mol. The van der Waals surface area contributed by atoms with Crippen molar-refractivity contribution in [2.24, 2.45) is 5.92 Å². The van der Waals surface area contributed by atoms with Crippen molar-refractivity contribution < 1.29 is 13.2 Å². The van der Waals surface area contributed by atoms with Crippen LogP contribution < -0.4 is 10.5 Å². The van der Waals surface area contributed by atoms with Crippen LogP contribution in [0.1, 0.15) is 12.8 Å². The Morgan fingerprint density at radius 3 is 2.67 bits per heavy atom. The van der Waals surface area contributed by atoms with Gasteiger partial charge in [-0.15, -0.1) is 0 Å². The van der Waals surface area contributed by atoms with Gasteiger partial charge < -0.3 is 10.5 Å². The lowest BCUT2D eigenvalue weighted by Gasteiger charge is -2.18. The van der Waals surface area contributed by atoms with E-state index in [1.54, 1.807) is 13.1 Å². The minimum Gasteiger partial charge on any atom is -0.495 e. The van der Waals surface area contributed by atoms with Gasteiger partial charge in [-0.2, -0.15) is 0 Å². The molecule has 2 rings (SSSR count). The first-order valence-corrected chi connectivity index (χ1v) is 7.29. The molecule has 0 spiro atoms. The van der Waals surface area contributed by atoms with Gasteiger partial charge in [0.25, 0.3) is 0 Å². The highest BCUT2D eigenvalue weighted by atomic mass is 32.2. The smallest absolute Gasteiger partial charge is 0.246 e. The lowest BCUT2D eigenvalue weighted by atomic mass is 10.3. The molecule has 2 N–H and O–H groups in total. The molecule has 18 heavy (non-hydrogen) atoms. The van der Waals surface area contributed by atoms with E-state index in [4.69, 9.17) is 10.5 Å². The Morgan fingerprint density at radius 2 is 2.11 bits per heavy atom. The number of nitrogens with zero attached hydrogens (tertiary/aromatic N) is 1. The number of rotatable bonds is 5. The Labute approximate surface area is 108 Å². The number of benzene rings is 1. The highest BCUT2D eigenvalue weighted by Crippen LogP contribution is 2.33. The summed E-state index contributed by atoms with van der Waals surface area (Å²) in [4.78, 5) is 0.169. The van der Waals surface area contributed by atoms with E-state index >= 15 is 0 Å². The molecular formula is C12H18N2O3S. The number of nitrogens with two attached hydrogens (primary N) is 1. The number of anilines is 1. The fourth-order valence-electron chi connectivity index (χ4n) is 1.83. The van der Waals surface area contributed by atoms with Gasteiger partial charge in [0.05, 0.1) is 7.11 Å². The summed E-state index contributed by atoms with van der Waals surface area (Å²) in [5.74, 6) is 0.794. The summed E-state index contributed by atoms with van der Waals surface area (Å²) in [6.45, 7) is 0.565. The van der Waals surface area contributed by atoms with Gasteiger partial charge in [-0.3, -0.25) is 0 Å². The summed E-state index contributed by atoms with van der Waals surface area (Å²) < 4.78 is 31.3. The first-order valence-electron chi connectivity index (χ1n) is 5.85. The number of methoxy groups -OCH3 is 1. The topological polar surface area (TPSA) is 72.6 Å². The van der Waals surface area contributed by atoms with Crippen LogP contribution in [0.5, 0.6) is 5.75 Å². The molecule has 0 aromatic heterocycles. The van der Waals surface area contributed by atoms with Gasteiger partial charge in [0, 0.05) is 25.3 Å². The van der Waals surface area contributed by atoms with Crippen LogP contribution >= 0.6 is 0 Å². The largest absolute Gasteiger partial charge is 0.495 e. The van der Waals surface area contributed by atoms with Crippen molar-refractivity contribution in [3.8, 4) is 5.75 Å². The highest BCUT2D eigenvalue weighted by Gasteiger charge is 2.30. The first-order chi connectivity index (χ1) is 8.45. The number of hydrogen-bond acceptors (Lipinski definition) is 4. The van der Waals surface area contributed by atoms with E-state index in [1.807, 2.05) is 0 Å². The molecule has 0 bridgehead atoms. The van der Waals surface area contributed by atoms with Gasteiger partial charge in [0.2, 0.25) is 10.0 Å². The van der Waals surface area contributed by atoms with Gasteiger partial charge in [0.15, 0.2) is 0 Å². The summed E-state index contributed by atoms with van der Waals surface area (Å²) >= 11 is 0. The molecule has 0 radical (unpaired) electrons. The van der Waals surface area contributed by atoms with Crippen molar-refractivity contribution in [3.63, 3.8) is 0 Å². The molecule has 5 nitrogen and oxygen atoms in total. The van der Waals surface area contributed by atoms with Gasteiger partial charge in [0.1, 0.15) is 10.6 Å². The fourth-order valence-corrected chi connectivity index (χ4v) is 3.21. The van der Waals surface area contributed by atoms with Crippen LogP contribution in [0, 0.1) is 5.92 Å². The quantitative estimate of drug-likeness (QED) is 0.819. The number of ether oxygens (including phenoxy) is 1. The van der Waals surface area contributed by atoms with Gasteiger partial charge in [-0.1, -0.05) is 0 Å². The second-order valence-corrected chi connectivity index (χ2v) is 6.65. The SMILES string of the molecule is COc1cc(N)ccc1S(=O)(=O)N(C)CC1CC1. The predicted molar refractivity (Wildman–Crippen MR) is 69.9 cm³/mol. The Kier molecular flexibility index (Phi) is 3.49. The normalized spacial score (nSPS) is 15.9. The maximum atomic E-state index is 12.4. The fraction of sp³-hybridized carbons (Fsp3) is 0.500. The maximum Gasteiger partial charge on any atom is 0.246 e. The van der Waals surface area contributed by atoms with Crippen LogP contribution in [-0.2, 0) is 10.0 Å². The molecule has 1 aromatic rings. The summed E-state index contributed by atoms with van der Waals surface area (Å²) in [6, 6.07) is 4.59. The van der Waals surface area contributed by atoms with Crippen LogP contribution in [0.3, 0.4) is 0 Å². The summed E-state index contributed by atoms with van der Waals surface area (Å²) in [6.07, 6.45) is 2.22. The van der Waals surface area contributed by atoms with E-state index in [0.717, 1.165) is 12.8 Å². The zero-order valence-corrected chi connectivity index (χ0v) is 11.4. The summed E-state index contributed by atoms with van der Waals surface area (Å²) in [5.41, 5.74) is 6.11. The Morgan fingerprint density at radius 1 is 1.44 bits per heavy atom. The van der Waals surface area contributed by atoms with Crippen molar-refractivity contribution >= 4 is 15.7 Å². The molecule has 1 aliphatic rings. The van der Waals surface area contributed by atoms with Crippen molar-refractivity contribution in [1.82, 2.24) is 4.31 Å². The average Bonchev–Trinajstić information content (AvgIpc) is 3.12. The molecule has 0 unspecified atom stereocenters. The zero-order valence-electron chi connectivity index (χ0n) is 10.6. The lowest BCUT2D eigenvalue weighted by molar-refractivity contribution is 0.397. The van der Waals surface area contributed by atoms with Crippen LogP contribution in [-0.4, -0.2) is 33.4 Å². The Hall–Kier alpha value is -1.27. The first kappa shape index (κ1) is 13.2. The highest BCUT2D eigenvalue weighted by molar-refractivity contribution is 7.89. The van der Waals surface area contributed by atoms with Crippen molar-refractivity contribution in [2.75, 3.05) is 26.4 Å². The molecule has 0 aliphatic heterocycles. The molecule has 0 atom stereocenters. The molecule has 0 heterocycles. The van der Waals surface area contributed by atoms with Crippen LogP contribution in [0.2, 0.25) is 0 Å². The minimum atomic E-state index is -3.50. The van der Waals surface area contributed by atoms with E-state index in [1.165, 1.54) is 23.5 Å². The third kappa shape index (κ3) is 2.59. The van der Waals surface area contributed by atoms with Gasteiger partial charge >= 0.3 is 0 Å². The van der Waals surface area contributed by atoms with Gasteiger partial charge in [-0.05, 0) is 30.9 Å². The van der Waals surface area contributed by atoms with Crippen molar-refractivity contribution in [1.29, 1.82) is 0 Å². The second kappa shape index (κ2) is 4.78. The molecule has 100 valence electrons. The van der Waals surface area contributed by atoms with Crippen LogP contribution in [0.25, 0.3) is 0 Å². The molecule has 1 aliphatic carbocycles. The molecule has 1 aromatic carbocycles. The van der Waals surface area contributed by atoms with E-state index in [2.05, 4.69) is 0 Å². The van der Waals surface area contributed by atoms with Gasteiger partial charge in [-0.25, -0.2) is 12.7 Å². The Bertz CT molecular complexity index is 538. The van der Waals surface area contributed by atoms with Crippen molar-refractivity contribution in [3.05, 3.63) is 18.2 Å². The molecule has 6 heteroatoms. The summed E-state index contributed by atoms with van der Waals surface area (Å²) in [7, 11) is -0.461. The molecule has 1 saturated carbocycles. The standard InChI is InChI=1S/C12H18N2O3S/c1-14(8-9-3-4-9)18(15,16)12-6-5-10(13)7-11(12)17-2/h5-7,9H,3-4,8,13H2,1-2H3. The number of sulfonamides is 1. The zero-order chi connectivity index (χ0) is 13.3. The van der Waals surface area contributed by atoms with E-state index in [-0.39, 0.29) is 10.6 Å². The minimum absolute atomic E-state index is 0.169. The monoisotopic (exact) mass is 270 g/mol. The van der Waals surface area contributed by atoms with E-state index in [0.29, 0.717) is 18.2 Å². The van der Waals surface area contributed by atoms with Crippen LogP contribution in [0.15, 0.2) is 23.1 Å². The maximum absolute atomic E-state index is 12.4.